The predicted molar refractivity (Wildman–Crippen MR) is 178 cm³/mol. The van der Waals surface area contributed by atoms with Crippen molar-refractivity contribution in [3.8, 4) is 28.2 Å². The van der Waals surface area contributed by atoms with Crippen LogP contribution < -0.4 is 0 Å². The van der Waals surface area contributed by atoms with Gasteiger partial charge in [0.15, 0.2) is 0 Å². The molecule has 202 valence electrons. The second kappa shape index (κ2) is 10.2. The van der Waals surface area contributed by atoms with E-state index in [4.69, 9.17) is 16.6 Å². The summed E-state index contributed by atoms with van der Waals surface area (Å²) >= 11 is 8.66. The molecule has 41 heavy (non-hydrogen) atoms. The van der Waals surface area contributed by atoms with Gasteiger partial charge in [0.25, 0.3) is 0 Å². The summed E-state index contributed by atoms with van der Waals surface area (Å²) < 4.78 is 4.83. The highest BCUT2D eigenvalue weighted by atomic mass is 35.5. The first-order chi connectivity index (χ1) is 19.9. The third-order valence-electron chi connectivity index (χ3n) is 8.02. The summed E-state index contributed by atoms with van der Waals surface area (Å²) in [5.41, 5.74) is 9.59. The van der Waals surface area contributed by atoms with Gasteiger partial charge >= 0.3 is 0 Å². The number of para-hydroxylation sites is 2. The van der Waals surface area contributed by atoms with Crippen LogP contribution in [-0.2, 0) is 0 Å². The lowest BCUT2D eigenvalue weighted by Crippen LogP contribution is -2.09. The van der Waals surface area contributed by atoms with Crippen molar-refractivity contribution in [3.63, 3.8) is 0 Å². The zero-order valence-corrected chi connectivity index (χ0v) is 25.2. The van der Waals surface area contributed by atoms with E-state index in [1.165, 1.54) is 42.7 Å². The minimum atomic E-state index is 0.315. The number of aromatic nitrogens is 2. The minimum absolute atomic E-state index is 0.315. The molecule has 0 fully saturated rings. The van der Waals surface area contributed by atoms with Gasteiger partial charge < -0.3 is 0 Å². The molecule has 2 heterocycles. The molecule has 7 rings (SSSR count). The maximum absolute atomic E-state index is 6.86. The molecule has 0 N–H and O–H groups in total. The van der Waals surface area contributed by atoms with E-state index in [0.29, 0.717) is 11.8 Å². The van der Waals surface area contributed by atoms with Crippen molar-refractivity contribution in [3.05, 3.63) is 119 Å². The maximum Gasteiger partial charge on any atom is 0.147 e. The number of hydrogen-bond donors (Lipinski definition) is 0. The number of nitrogens with zero attached hydrogens (tertiary/aromatic N) is 2. The molecule has 0 unspecified atom stereocenters. The van der Waals surface area contributed by atoms with E-state index < -0.39 is 0 Å². The van der Waals surface area contributed by atoms with E-state index in [1.54, 1.807) is 11.3 Å². The SMILES string of the molecule is CC(C)c1cc(-c2ccccc2)cc(C(C)C)c1-n1c(-c2ccc(Cl)c3c2sc2ccccc23)nc2ccccc21. The number of imidazole rings is 1. The first-order valence-electron chi connectivity index (χ1n) is 14.2. The topological polar surface area (TPSA) is 17.8 Å². The zero-order valence-electron chi connectivity index (χ0n) is 23.7. The van der Waals surface area contributed by atoms with E-state index in [9.17, 15) is 0 Å². The smallest absolute Gasteiger partial charge is 0.147 e. The molecule has 2 aromatic heterocycles. The molecule has 4 heteroatoms. The highest BCUT2D eigenvalue weighted by Gasteiger charge is 2.25. The quantitative estimate of drug-likeness (QED) is 0.201. The van der Waals surface area contributed by atoms with Crippen LogP contribution in [0.4, 0.5) is 0 Å². The average molecular weight is 571 g/mol. The Morgan fingerprint density at radius 1 is 0.707 bits per heavy atom. The molecule has 0 spiro atoms. The molecule has 5 aromatic carbocycles. The van der Waals surface area contributed by atoms with Gasteiger partial charge in [-0.25, -0.2) is 4.98 Å². The van der Waals surface area contributed by atoms with Gasteiger partial charge in [-0.05, 0) is 76.6 Å². The van der Waals surface area contributed by atoms with Gasteiger partial charge in [0.2, 0.25) is 0 Å². The number of fused-ring (bicyclic) bond motifs is 4. The third-order valence-corrected chi connectivity index (χ3v) is 9.54. The lowest BCUT2D eigenvalue weighted by molar-refractivity contribution is 0.812. The van der Waals surface area contributed by atoms with Crippen molar-refractivity contribution in [2.24, 2.45) is 0 Å². The van der Waals surface area contributed by atoms with E-state index in [-0.39, 0.29) is 0 Å². The molecule has 0 radical (unpaired) electrons. The largest absolute Gasteiger partial charge is 0.292 e. The fourth-order valence-electron chi connectivity index (χ4n) is 6.01. The molecule has 0 atom stereocenters. The Labute approximate surface area is 249 Å². The number of rotatable bonds is 5. The molecule has 0 amide bonds. The Bertz CT molecular complexity index is 2040. The Hall–Kier alpha value is -3.92. The molecule has 0 aliphatic heterocycles. The van der Waals surface area contributed by atoms with Crippen LogP contribution in [0.5, 0.6) is 0 Å². The van der Waals surface area contributed by atoms with Crippen LogP contribution in [0.25, 0.3) is 59.4 Å². The summed E-state index contributed by atoms with van der Waals surface area (Å²) in [6.45, 7) is 9.18. The molecular formula is C37H31ClN2S. The Balaban J connectivity index is 1.61. The van der Waals surface area contributed by atoms with Crippen LogP contribution in [0.3, 0.4) is 0 Å². The van der Waals surface area contributed by atoms with E-state index in [2.05, 4.69) is 129 Å². The second-order valence-corrected chi connectivity index (χ2v) is 12.8. The Morgan fingerprint density at radius 3 is 2.10 bits per heavy atom. The first kappa shape index (κ1) is 26.0. The molecule has 7 aromatic rings. The van der Waals surface area contributed by atoms with Crippen molar-refractivity contribution >= 4 is 54.1 Å². The molecule has 0 aliphatic rings. The Morgan fingerprint density at radius 2 is 1.37 bits per heavy atom. The maximum atomic E-state index is 6.86. The van der Waals surface area contributed by atoms with E-state index in [1.807, 2.05) is 6.07 Å². The second-order valence-electron chi connectivity index (χ2n) is 11.3. The number of benzene rings is 5. The molecule has 2 nitrogen and oxygen atoms in total. The molecule has 0 aliphatic carbocycles. The van der Waals surface area contributed by atoms with Gasteiger partial charge in [0, 0.05) is 30.8 Å². The highest BCUT2D eigenvalue weighted by Crippen LogP contribution is 2.45. The zero-order chi connectivity index (χ0) is 28.2. The standard InChI is InChI=1S/C37H31ClN2S/c1-22(2)28-20-25(24-12-6-5-7-13-24)21-29(23(3)4)35(28)40-32-16-10-9-15-31(32)39-37(40)27-18-19-30(38)34-26-14-8-11-17-33(26)41-36(27)34/h5-23H,1-4H3. The van der Waals surface area contributed by atoms with Crippen molar-refractivity contribution < 1.29 is 0 Å². The Kier molecular flexibility index (Phi) is 6.45. The predicted octanol–water partition coefficient (Wildman–Crippen LogP) is 11.6. The van der Waals surface area contributed by atoms with Gasteiger partial charge in [0.1, 0.15) is 5.82 Å². The summed E-state index contributed by atoms with van der Waals surface area (Å²) in [4.78, 5) is 5.32. The lowest BCUT2D eigenvalue weighted by atomic mass is 9.88. The van der Waals surface area contributed by atoms with Gasteiger partial charge in [-0.15, -0.1) is 11.3 Å². The third kappa shape index (κ3) is 4.27. The normalized spacial score (nSPS) is 12.0. The van der Waals surface area contributed by atoms with Crippen LogP contribution >= 0.6 is 22.9 Å². The van der Waals surface area contributed by atoms with E-state index in [0.717, 1.165) is 32.8 Å². The minimum Gasteiger partial charge on any atom is -0.292 e. The van der Waals surface area contributed by atoms with Crippen molar-refractivity contribution in [2.75, 3.05) is 0 Å². The fraction of sp³-hybridized carbons (Fsp3) is 0.162. The average Bonchev–Trinajstić information content (AvgIpc) is 3.56. The summed E-state index contributed by atoms with van der Waals surface area (Å²) in [5.74, 6) is 1.58. The van der Waals surface area contributed by atoms with Crippen LogP contribution in [-0.4, -0.2) is 9.55 Å². The number of halogens is 1. The molecule has 0 saturated carbocycles. The highest BCUT2D eigenvalue weighted by molar-refractivity contribution is 7.26. The number of hydrogen-bond acceptors (Lipinski definition) is 2. The molecule has 0 bridgehead atoms. The van der Waals surface area contributed by atoms with Gasteiger partial charge in [-0.1, -0.05) is 100.0 Å². The van der Waals surface area contributed by atoms with Crippen LogP contribution in [0.1, 0.15) is 50.7 Å². The van der Waals surface area contributed by atoms with Crippen molar-refractivity contribution in [1.82, 2.24) is 9.55 Å². The van der Waals surface area contributed by atoms with Crippen LogP contribution in [0, 0.1) is 0 Å². The van der Waals surface area contributed by atoms with E-state index >= 15 is 0 Å². The summed E-state index contributed by atoms with van der Waals surface area (Å²) in [6, 6.07) is 36.7. The molecule has 0 saturated heterocycles. The van der Waals surface area contributed by atoms with Crippen molar-refractivity contribution in [2.45, 2.75) is 39.5 Å². The van der Waals surface area contributed by atoms with Gasteiger partial charge in [-0.3, -0.25) is 4.57 Å². The summed E-state index contributed by atoms with van der Waals surface area (Å²) in [7, 11) is 0. The summed E-state index contributed by atoms with van der Waals surface area (Å²) in [6.07, 6.45) is 0. The number of thiophene rings is 1. The monoisotopic (exact) mass is 570 g/mol. The lowest BCUT2D eigenvalue weighted by Gasteiger charge is -2.24. The molecular weight excluding hydrogens is 540 g/mol. The van der Waals surface area contributed by atoms with Crippen LogP contribution in [0.2, 0.25) is 5.02 Å². The van der Waals surface area contributed by atoms with Crippen LogP contribution in [0.15, 0.2) is 103 Å². The van der Waals surface area contributed by atoms with Crippen molar-refractivity contribution in [1.29, 1.82) is 0 Å². The first-order valence-corrected chi connectivity index (χ1v) is 15.4. The fourth-order valence-corrected chi connectivity index (χ4v) is 7.57. The summed E-state index contributed by atoms with van der Waals surface area (Å²) in [5, 5.41) is 3.08. The van der Waals surface area contributed by atoms with Gasteiger partial charge in [0.05, 0.1) is 16.7 Å². The van der Waals surface area contributed by atoms with Gasteiger partial charge in [-0.2, -0.15) is 0 Å².